The fourth-order valence-electron chi connectivity index (χ4n) is 2.21. The predicted molar refractivity (Wildman–Crippen MR) is 71.4 cm³/mol. The van der Waals surface area contributed by atoms with Crippen molar-refractivity contribution in [3.05, 3.63) is 24.3 Å². The number of ether oxygens (including phenoxy) is 1. The van der Waals surface area contributed by atoms with Gasteiger partial charge in [-0.1, -0.05) is 12.1 Å². The molecule has 1 heterocycles. The lowest BCUT2D eigenvalue weighted by molar-refractivity contribution is 0.144. The monoisotopic (exact) mass is 235 g/mol. The molecule has 0 amide bonds. The molecule has 0 unspecified atom stereocenters. The fourth-order valence-corrected chi connectivity index (χ4v) is 2.21. The van der Waals surface area contributed by atoms with Crippen molar-refractivity contribution >= 4 is 11.4 Å². The van der Waals surface area contributed by atoms with Gasteiger partial charge < -0.3 is 15.4 Å². The zero-order valence-corrected chi connectivity index (χ0v) is 10.4. The van der Waals surface area contributed by atoms with E-state index in [1.807, 2.05) is 18.2 Å². The second-order valence-electron chi connectivity index (χ2n) is 4.38. The van der Waals surface area contributed by atoms with E-state index in [-0.39, 0.29) is 0 Å². The number of nitrogen functional groups attached to an aromatic ring is 1. The summed E-state index contributed by atoms with van der Waals surface area (Å²) in [5.74, 6) is 0. The molecule has 2 N–H and O–H groups in total. The van der Waals surface area contributed by atoms with Crippen LogP contribution in [0.1, 0.15) is 0 Å². The third kappa shape index (κ3) is 3.11. The van der Waals surface area contributed by atoms with Gasteiger partial charge in [0.05, 0.1) is 18.0 Å². The SMILES string of the molecule is COCCN1CCN(c2ccccc2N)CC1. The van der Waals surface area contributed by atoms with Crippen LogP contribution in [0.5, 0.6) is 0 Å². The van der Waals surface area contributed by atoms with Crippen molar-refractivity contribution < 1.29 is 4.74 Å². The lowest BCUT2D eigenvalue weighted by Crippen LogP contribution is -2.47. The summed E-state index contributed by atoms with van der Waals surface area (Å²) in [6, 6.07) is 8.09. The molecular formula is C13H21N3O. The Kier molecular flexibility index (Phi) is 4.23. The minimum Gasteiger partial charge on any atom is -0.397 e. The molecule has 0 atom stereocenters. The van der Waals surface area contributed by atoms with Crippen LogP contribution in [-0.2, 0) is 4.74 Å². The largest absolute Gasteiger partial charge is 0.397 e. The number of nitrogens with two attached hydrogens (primary N) is 1. The van der Waals surface area contributed by atoms with Gasteiger partial charge >= 0.3 is 0 Å². The van der Waals surface area contributed by atoms with Crippen LogP contribution in [0.25, 0.3) is 0 Å². The normalized spacial score (nSPS) is 17.4. The maximum absolute atomic E-state index is 5.99. The van der Waals surface area contributed by atoms with Crippen molar-refractivity contribution in [1.82, 2.24) is 4.90 Å². The Morgan fingerprint density at radius 1 is 1.18 bits per heavy atom. The van der Waals surface area contributed by atoms with Gasteiger partial charge in [0.2, 0.25) is 0 Å². The van der Waals surface area contributed by atoms with Gasteiger partial charge in [0.1, 0.15) is 0 Å². The lowest BCUT2D eigenvalue weighted by atomic mass is 10.2. The molecule has 0 aromatic heterocycles. The molecule has 94 valence electrons. The van der Waals surface area contributed by atoms with Crippen molar-refractivity contribution in [2.45, 2.75) is 0 Å². The summed E-state index contributed by atoms with van der Waals surface area (Å²) in [5.41, 5.74) is 8.03. The third-order valence-electron chi connectivity index (χ3n) is 3.26. The molecule has 0 aliphatic carbocycles. The highest BCUT2D eigenvalue weighted by Crippen LogP contribution is 2.23. The Balaban J connectivity index is 1.89. The van der Waals surface area contributed by atoms with E-state index < -0.39 is 0 Å². The van der Waals surface area contributed by atoms with Crippen LogP contribution in [0.3, 0.4) is 0 Å². The van der Waals surface area contributed by atoms with Crippen LogP contribution < -0.4 is 10.6 Å². The highest BCUT2D eigenvalue weighted by atomic mass is 16.5. The number of hydrogen-bond acceptors (Lipinski definition) is 4. The standard InChI is InChI=1S/C13H21N3O/c1-17-11-10-15-6-8-16(9-7-15)13-5-3-2-4-12(13)14/h2-5H,6-11,14H2,1H3. The van der Waals surface area contributed by atoms with E-state index in [1.54, 1.807) is 7.11 Å². The van der Waals surface area contributed by atoms with Crippen LogP contribution in [0, 0.1) is 0 Å². The van der Waals surface area contributed by atoms with Gasteiger partial charge in [0, 0.05) is 39.8 Å². The molecule has 0 spiro atoms. The topological polar surface area (TPSA) is 41.7 Å². The predicted octanol–water partition coefficient (Wildman–Crippen LogP) is 1.04. The minimum atomic E-state index is 0.813. The van der Waals surface area contributed by atoms with Crippen LogP contribution in [0.2, 0.25) is 0 Å². The van der Waals surface area contributed by atoms with E-state index in [4.69, 9.17) is 10.5 Å². The maximum Gasteiger partial charge on any atom is 0.0600 e. The van der Waals surface area contributed by atoms with E-state index >= 15 is 0 Å². The average Bonchev–Trinajstić information content (AvgIpc) is 2.38. The summed E-state index contributed by atoms with van der Waals surface area (Å²) in [4.78, 5) is 4.79. The molecule has 2 rings (SSSR count). The summed E-state index contributed by atoms with van der Waals surface area (Å²) < 4.78 is 5.10. The summed E-state index contributed by atoms with van der Waals surface area (Å²) in [5, 5.41) is 0. The van der Waals surface area contributed by atoms with Gasteiger partial charge in [-0.3, -0.25) is 4.90 Å². The molecule has 4 nitrogen and oxygen atoms in total. The van der Waals surface area contributed by atoms with Crippen LogP contribution in [0.15, 0.2) is 24.3 Å². The van der Waals surface area contributed by atoms with Crippen molar-refractivity contribution in [2.75, 3.05) is 57.1 Å². The van der Waals surface area contributed by atoms with E-state index in [2.05, 4.69) is 15.9 Å². The molecule has 0 radical (unpaired) electrons. The minimum absolute atomic E-state index is 0.813. The van der Waals surface area contributed by atoms with Gasteiger partial charge in [0.25, 0.3) is 0 Å². The van der Waals surface area contributed by atoms with Crippen molar-refractivity contribution in [3.8, 4) is 0 Å². The molecule has 1 aromatic carbocycles. The van der Waals surface area contributed by atoms with Gasteiger partial charge in [-0.05, 0) is 12.1 Å². The zero-order chi connectivity index (χ0) is 12.1. The molecule has 1 fully saturated rings. The summed E-state index contributed by atoms with van der Waals surface area (Å²) in [7, 11) is 1.75. The lowest BCUT2D eigenvalue weighted by Gasteiger charge is -2.36. The Morgan fingerprint density at radius 2 is 1.88 bits per heavy atom. The van der Waals surface area contributed by atoms with E-state index in [1.165, 1.54) is 5.69 Å². The van der Waals surface area contributed by atoms with Crippen molar-refractivity contribution in [2.24, 2.45) is 0 Å². The number of rotatable bonds is 4. The molecule has 1 aliphatic rings. The quantitative estimate of drug-likeness (QED) is 0.792. The van der Waals surface area contributed by atoms with Crippen LogP contribution >= 0.6 is 0 Å². The van der Waals surface area contributed by atoms with Gasteiger partial charge in [-0.15, -0.1) is 0 Å². The Labute approximate surface area is 103 Å². The Morgan fingerprint density at radius 3 is 2.53 bits per heavy atom. The molecule has 1 aliphatic heterocycles. The Hall–Kier alpha value is -1.26. The average molecular weight is 235 g/mol. The first-order chi connectivity index (χ1) is 8.31. The third-order valence-corrected chi connectivity index (χ3v) is 3.26. The Bertz CT molecular complexity index is 348. The first-order valence-electron chi connectivity index (χ1n) is 6.12. The van der Waals surface area contributed by atoms with Crippen molar-refractivity contribution in [1.29, 1.82) is 0 Å². The second-order valence-corrected chi connectivity index (χ2v) is 4.38. The molecular weight excluding hydrogens is 214 g/mol. The van der Waals surface area contributed by atoms with Gasteiger partial charge in [0.15, 0.2) is 0 Å². The summed E-state index contributed by atoms with van der Waals surface area (Å²) in [6.07, 6.45) is 0. The zero-order valence-electron chi connectivity index (χ0n) is 10.4. The second kappa shape index (κ2) is 5.89. The maximum atomic E-state index is 5.99. The highest BCUT2D eigenvalue weighted by molar-refractivity contribution is 5.67. The van der Waals surface area contributed by atoms with Gasteiger partial charge in [-0.2, -0.15) is 0 Å². The van der Waals surface area contributed by atoms with Crippen LogP contribution in [-0.4, -0.2) is 51.3 Å². The number of piperazine rings is 1. The number of anilines is 2. The number of nitrogens with zero attached hydrogens (tertiary/aromatic N) is 2. The van der Waals surface area contributed by atoms with Crippen LogP contribution in [0.4, 0.5) is 11.4 Å². The van der Waals surface area contributed by atoms with E-state index in [0.29, 0.717) is 0 Å². The van der Waals surface area contributed by atoms with E-state index in [9.17, 15) is 0 Å². The molecule has 1 saturated heterocycles. The summed E-state index contributed by atoms with van der Waals surface area (Å²) >= 11 is 0. The smallest absolute Gasteiger partial charge is 0.0600 e. The van der Waals surface area contributed by atoms with E-state index in [0.717, 1.165) is 45.0 Å². The first kappa shape index (κ1) is 12.2. The van der Waals surface area contributed by atoms with Gasteiger partial charge in [-0.25, -0.2) is 0 Å². The molecule has 17 heavy (non-hydrogen) atoms. The summed E-state index contributed by atoms with van der Waals surface area (Å²) in [6.45, 7) is 6.08. The number of methoxy groups -OCH3 is 1. The molecule has 1 aromatic rings. The van der Waals surface area contributed by atoms with Crippen molar-refractivity contribution in [3.63, 3.8) is 0 Å². The first-order valence-corrected chi connectivity index (χ1v) is 6.12. The molecule has 0 saturated carbocycles. The highest BCUT2D eigenvalue weighted by Gasteiger charge is 2.17. The fraction of sp³-hybridized carbons (Fsp3) is 0.538. The molecule has 0 bridgehead atoms. The molecule has 4 heteroatoms. The number of hydrogen-bond donors (Lipinski definition) is 1. The number of benzene rings is 1. The number of para-hydroxylation sites is 2.